The largest absolute Gasteiger partial charge is 0.456 e. The van der Waals surface area contributed by atoms with Crippen LogP contribution in [-0.4, -0.2) is 21.3 Å². The number of esters is 1. The highest BCUT2D eigenvalue weighted by Crippen LogP contribution is 2.18. The summed E-state index contributed by atoms with van der Waals surface area (Å²) in [6.45, 7) is 3.49. The Bertz CT molecular complexity index is 1040. The van der Waals surface area contributed by atoms with Crippen LogP contribution in [0.2, 0.25) is 0 Å². The van der Waals surface area contributed by atoms with Gasteiger partial charge in [0.05, 0.1) is 16.9 Å². The summed E-state index contributed by atoms with van der Waals surface area (Å²) < 4.78 is 6.74. The third-order valence-corrected chi connectivity index (χ3v) is 4.53. The minimum absolute atomic E-state index is 0.127. The van der Waals surface area contributed by atoms with Crippen LogP contribution < -0.4 is 10.9 Å². The van der Waals surface area contributed by atoms with E-state index in [1.54, 1.807) is 37.4 Å². The number of hydrogen-bond donors (Lipinski definition) is 1. The molecule has 2 heterocycles. The number of para-hydroxylation sites is 1. The number of hydrogen-bond acceptors (Lipinski definition) is 6. The molecule has 134 valence electrons. The van der Waals surface area contributed by atoms with Gasteiger partial charge in [-0.3, -0.25) is 14.0 Å². The van der Waals surface area contributed by atoms with Crippen molar-refractivity contribution in [2.75, 3.05) is 5.32 Å². The Morgan fingerprint density at radius 2 is 2.08 bits per heavy atom. The molecule has 0 radical (unpaired) electrons. The molecule has 0 spiro atoms. The molecule has 0 saturated heterocycles. The van der Waals surface area contributed by atoms with E-state index in [4.69, 9.17) is 4.74 Å². The van der Waals surface area contributed by atoms with Gasteiger partial charge in [0.2, 0.25) is 5.91 Å². The van der Waals surface area contributed by atoms with Crippen LogP contribution in [0.3, 0.4) is 0 Å². The Hall–Kier alpha value is -3.00. The summed E-state index contributed by atoms with van der Waals surface area (Å²) in [6, 6.07) is 7.95. The lowest BCUT2D eigenvalue weighted by Gasteiger charge is -2.10. The fourth-order valence-electron chi connectivity index (χ4n) is 2.36. The summed E-state index contributed by atoms with van der Waals surface area (Å²) in [5, 5.41) is 2.67. The van der Waals surface area contributed by atoms with Crippen molar-refractivity contribution in [2.24, 2.45) is 0 Å². The van der Waals surface area contributed by atoms with E-state index in [1.165, 1.54) is 21.8 Å². The lowest BCUT2D eigenvalue weighted by molar-refractivity contribution is -0.115. The molecule has 2 aromatic heterocycles. The van der Waals surface area contributed by atoms with Crippen molar-refractivity contribution in [3.63, 3.8) is 0 Å². The van der Waals surface area contributed by atoms with Gasteiger partial charge in [-0.05, 0) is 19.1 Å². The maximum Gasteiger partial charge on any atom is 0.340 e. The lowest BCUT2D eigenvalue weighted by Crippen LogP contribution is -2.16. The molecule has 1 N–H and O–H groups in total. The lowest BCUT2D eigenvalue weighted by atomic mass is 10.1. The van der Waals surface area contributed by atoms with Gasteiger partial charge in [-0.25, -0.2) is 9.78 Å². The van der Waals surface area contributed by atoms with Crippen LogP contribution in [0.5, 0.6) is 0 Å². The third kappa shape index (κ3) is 3.80. The van der Waals surface area contributed by atoms with Crippen LogP contribution in [0.1, 0.15) is 34.3 Å². The summed E-state index contributed by atoms with van der Waals surface area (Å²) >= 11 is 1.39. The number of carbonyl (C=O) groups excluding carboxylic acids is 2. The highest BCUT2D eigenvalue weighted by Gasteiger charge is 2.15. The standard InChI is InChI=1S/C18H17N3O4S/c1-3-15(22)20-14-7-5-4-6-13(14)17(24)25-10-12-8-16(23)21-9-11(2)26-18(21)19-12/h4-9H,3,10H2,1-2H3,(H,20,22). The zero-order valence-electron chi connectivity index (χ0n) is 14.3. The number of nitrogens with one attached hydrogen (secondary N) is 1. The number of anilines is 1. The molecule has 8 heteroatoms. The second-order valence-electron chi connectivity index (χ2n) is 5.60. The zero-order valence-corrected chi connectivity index (χ0v) is 15.1. The highest BCUT2D eigenvalue weighted by molar-refractivity contribution is 7.16. The number of aryl methyl sites for hydroxylation is 1. The molecule has 0 aliphatic heterocycles. The van der Waals surface area contributed by atoms with E-state index in [0.29, 0.717) is 22.8 Å². The van der Waals surface area contributed by atoms with Crippen molar-refractivity contribution in [3.8, 4) is 0 Å². The molecule has 0 unspecified atom stereocenters. The Kier molecular flexibility index (Phi) is 5.13. The summed E-state index contributed by atoms with van der Waals surface area (Å²) in [7, 11) is 0. The first-order valence-corrected chi connectivity index (χ1v) is 8.84. The van der Waals surface area contributed by atoms with Gasteiger partial charge in [-0.2, -0.15) is 0 Å². The van der Waals surface area contributed by atoms with Gasteiger partial charge in [0.25, 0.3) is 5.56 Å². The number of thiazole rings is 1. The summed E-state index contributed by atoms with van der Waals surface area (Å²) in [6.07, 6.45) is 2.02. The number of amides is 1. The van der Waals surface area contributed by atoms with E-state index < -0.39 is 5.97 Å². The number of aromatic nitrogens is 2. The molecule has 0 saturated carbocycles. The first-order chi connectivity index (χ1) is 12.5. The number of nitrogens with zero attached hydrogens (tertiary/aromatic N) is 2. The number of rotatable bonds is 5. The van der Waals surface area contributed by atoms with Crippen molar-refractivity contribution in [1.29, 1.82) is 0 Å². The molecule has 3 aromatic rings. The fraction of sp³-hybridized carbons (Fsp3) is 0.222. The molecular weight excluding hydrogens is 354 g/mol. The minimum atomic E-state index is -0.596. The normalized spacial score (nSPS) is 10.7. The Morgan fingerprint density at radius 1 is 1.31 bits per heavy atom. The van der Waals surface area contributed by atoms with Crippen LogP contribution in [0.25, 0.3) is 4.96 Å². The van der Waals surface area contributed by atoms with Crippen LogP contribution in [0.4, 0.5) is 5.69 Å². The first kappa shape index (κ1) is 17.8. The van der Waals surface area contributed by atoms with Crippen LogP contribution in [-0.2, 0) is 16.1 Å². The Labute approximate surface area is 153 Å². The van der Waals surface area contributed by atoms with E-state index >= 15 is 0 Å². The third-order valence-electron chi connectivity index (χ3n) is 3.63. The van der Waals surface area contributed by atoms with Crippen molar-refractivity contribution >= 4 is 33.9 Å². The maximum absolute atomic E-state index is 12.4. The second kappa shape index (κ2) is 7.49. The molecule has 0 atom stereocenters. The van der Waals surface area contributed by atoms with E-state index in [1.807, 2.05) is 6.92 Å². The zero-order chi connectivity index (χ0) is 18.7. The van der Waals surface area contributed by atoms with Crippen molar-refractivity contribution in [2.45, 2.75) is 26.9 Å². The number of benzene rings is 1. The molecule has 7 nitrogen and oxygen atoms in total. The van der Waals surface area contributed by atoms with E-state index in [2.05, 4.69) is 10.3 Å². The van der Waals surface area contributed by atoms with Gasteiger partial charge in [0.15, 0.2) is 4.96 Å². The summed E-state index contributed by atoms with van der Waals surface area (Å²) in [4.78, 5) is 41.9. The summed E-state index contributed by atoms with van der Waals surface area (Å²) in [5.74, 6) is -0.792. The number of ether oxygens (including phenoxy) is 1. The minimum Gasteiger partial charge on any atom is -0.456 e. The van der Waals surface area contributed by atoms with Gasteiger partial charge >= 0.3 is 5.97 Å². The van der Waals surface area contributed by atoms with Crippen LogP contribution in [0.15, 0.2) is 41.3 Å². The van der Waals surface area contributed by atoms with Crippen molar-refractivity contribution < 1.29 is 14.3 Å². The van der Waals surface area contributed by atoms with Gasteiger partial charge in [-0.1, -0.05) is 19.1 Å². The summed E-state index contributed by atoms with van der Waals surface area (Å²) in [5.41, 5.74) is 0.794. The molecule has 0 bridgehead atoms. The van der Waals surface area contributed by atoms with Crippen molar-refractivity contribution in [3.05, 3.63) is 63.0 Å². The van der Waals surface area contributed by atoms with Crippen molar-refractivity contribution in [1.82, 2.24) is 9.38 Å². The SMILES string of the molecule is CCC(=O)Nc1ccccc1C(=O)OCc1cc(=O)n2cc(C)sc2n1. The predicted molar refractivity (Wildman–Crippen MR) is 98.6 cm³/mol. The van der Waals surface area contributed by atoms with Gasteiger partial charge in [-0.15, -0.1) is 11.3 Å². The van der Waals surface area contributed by atoms with E-state index in [0.717, 1.165) is 4.88 Å². The fourth-order valence-corrected chi connectivity index (χ4v) is 3.21. The predicted octanol–water partition coefficient (Wildman–Crippen LogP) is 2.77. The molecule has 3 rings (SSSR count). The van der Waals surface area contributed by atoms with Gasteiger partial charge < -0.3 is 10.1 Å². The average molecular weight is 371 g/mol. The number of carbonyl (C=O) groups is 2. The average Bonchev–Trinajstić information content (AvgIpc) is 3.01. The van der Waals surface area contributed by atoms with E-state index in [-0.39, 0.29) is 23.6 Å². The molecule has 0 aliphatic carbocycles. The van der Waals surface area contributed by atoms with Gasteiger partial charge in [0.1, 0.15) is 6.61 Å². The number of fused-ring (bicyclic) bond motifs is 1. The van der Waals surface area contributed by atoms with Gasteiger partial charge in [0, 0.05) is 23.6 Å². The topological polar surface area (TPSA) is 89.8 Å². The molecule has 0 aliphatic rings. The second-order valence-corrected chi connectivity index (χ2v) is 6.82. The monoisotopic (exact) mass is 371 g/mol. The Balaban J connectivity index is 1.77. The molecule has 1 aromatic carbocycles. The molecule has 1 amide bonds. The smallest absolute Gasteiger partial charge is 0.340 e. The Morgan fingerprint density at radius 3 is 2.85 bits per heavy atom. The molecule has 0 fully saturated rings. The van der Waals surface area contributed by atoms with Crippen LogP contribution in [0, 0.1) is 6.92 Å². The van der Waals surface area contributed by atoms with Crippen LogP contribution >= 0.6 is 11.3 Å². The molecular formula is C18H17N3O4S. The molecule has 26 heavy (non-hydrogen) atoms. The van der Waals surface area contributed by atoms with E-state index in [9.17, 15) is 14.4 Å². The quantitative estimate of drug-likeness (QED) is 0.697. The highest BCUT2D eigenvalue weighted by atomic mass is 32.1. The first-order valence-electron chi connectivity index (χ1n) is 8.02. The maximum atomic E-state index is 12.4.